The molecule has 0 spiro atoms. The molecule has 0 saturated heterocycles. The monoisotopic (exact) mass is 340 g/mol. The van der Waals surface area contributed by atoms with Gasteiger partial charge in [0, 0.05) is 12.6 Å². The molecule has 0 radical (unpaired) electrons. The van der Waals surface area contributed by atoms with E-state index < -0.39 is 5.91 Å². The van der Waals surface area contributed by atoms with Crippen LogP contribution in [0.5, 0.6) is 0 Å². The number of hydrogen-bond acceptors (Lipinski definition) is 3. The van der Waals surface area contributed by atoms with Crippen molar-refractivity contribution in [1.82, 2.24) is 5.32 Å². The molecule has 128 valence electrons. The number of para-hydroxylation sites is 1. The van der Waals surface area contributed by atoms with Crippen LogP contribution in [0.2, 0.25) is 0 Å². The number of anilines is 1. The molecule has 2 aromatic carbocycles. The molecule has 0 fully saturated rings. The van der Waals surface area contributed by atoms with Crippen molar-refractivity contribution in [2.45, 2.75) is 13.0 Å². The summed E-state index contributed by atoms with van der Waals surface area (Å²) in [5.41, 5.74) is 1.50. The standard InChI is InChI=1S/C19H17FN2O3/c1-21-19(25)15-10-17(23)22(11-12-5-4-6-13(20)9-12)16-8-3-2-7-14(16)18(15)24/h2-9,24H,10-11H2,1H3,(H,21,25). The van der Waals surface area contributed by atoms with E-state index in [1.807, 2.05) is 0 Å². The first-order chi connectivity index (χ1) is 12.0. The maximum Gasteiger partial charge on any atom is 0.251 e. The first-order valence-electron chi connectivity index (χ1n) is 7.79. The van der Waals surface area contributed by atoms with Crippen LogP contribution in [-0.2, 0) is 16.1 Å². The van der Waals surface area contributed by atoms with Crippen molar-refractivity contribution in [3.63, 3.8) is 0 Å². The van der Waals surface area contributed by atoms with Crippen molar-refractivity contribution in [3.05, 3.63) is 71.0 Å². The molecule has 6 heteroatoms. The normalized spacial score (nSPS) is 14.2. The number of benzene rings is 2. The van der Waals surface area contributed by atoms with Gasteiger partial charge in [-0.05, 0) is 29.8 Å². The van der Waals surface area contributed by atoms with Crippen LogP contribution in [0.25, 0.3) is 5.76 Å². The summed E-state index contributed by atoms with van der Waals surface area (Å²) in [6.07, 6.45) is -0.241. The summed E-state index contributed by atoms with van der Waals surface area (Å²) in [5.74, 6) is -1.46. The summed E-state index contributed by atoms with van der Waals surface area (Å²) in [6, 6.07) is 12.8. The van der Waals surface area contributed by atoms with Gasteiger partial charge in [0.1, 0.15) is 11.6 Å². The van der Waals surface area contributed by atoms with E-state index in [4.69, 9.17) is 0 Å². The molecule has 25 heavy (non-hydrogen) atoms. The van der Waals surface area contributed by atoms with E-state index in [0.717, 1.165) is 0 Å². The van der Waals surface area contributed by atoms with Crippen molar-refractivity contribution in [3.8, 4) is 0 Å². The van der Waals surface area contributed by atoms with E-state index in [-0.39, 0.29) is 36.0 Å². The molecule has 0 saturated carbocycles. The third-order valence-corrected chi connectivity index (χ3v) is 4.10. The van der Waals surface area contributed by atoms with Gasteiger partial charge < -0.3 is 15.3 Å². The lowest BCUT2D eigenvalue weighted by atomic mass is 10.1. The van der Waals surface area contributed by atoms with Crippen LogP contribution in [-0.4, -0.2) is 24.0 Å². The number of amides is 2. The quantitative estimate of drug-likeness (QED) is 0.903. The molecule has 5 nitrogen and oxygen atoms in total. The van der Waals surface area contributed by atoms with Crippen molar-refractivity contribution in [2.75, 3.05) is 11.9 Å². The minimum absolute atomic E-state index is 0.0155. The lowest BCUT2D eigenvalue weighted by Crippen LogP contribution is -2.31. The fourth-order valence-electron chi connectivity index (χ4n) is 2.87. The van der Waals surface area contributed by atoms with Gasteiger partial charge >= 0.3 is 0 Å². The van der Waals surface area contributed by atoms with E-state index in [0.29, 0.717) is 16.8 Å². The molecule has 0 aromatic heterocycles. The molecule has 3 rings (SSSR count). The average Bonchev–Trinajstić information content (AvgIpc) is 2.72. The highest BCUT2D eigenvalue weighted by Gasteiger charge is 2.30. The summed E-state index contributed by atoms with van der Waals surface area (Å²) in [4.78, 5) is 26.2. The van der Waals surface area contributed by atoms with Gasteiger partial charge in [-0.3, -0.25) is 9.59 Å². The predicted molar refractivity (Wildman–Crippen MR) is 92.3 cm³/mol. The van der Waals surface area contributed by atoms with Gasteiger partial charge in [-0.25, -0.2) is 4.39 Å². The SMILES string of the molecule is CNC(=O)C1=C(O)c2ccccc2N(Cc2cccc(F)c2)C(=O)C1. The summed E-state index contributed by atoms with van der Waals surface area (Å²) in [6.45, 7) is 0.141. The Hall–Kier alpha value is -3.15. The van der Waals surface area contributed by atoms with E-state index in [1.54, 1.807) is 36.4 Å². The number of carbonyl (C=O) groups excluding carboxylic acids is 2. The molecule has 0 atom stereocenters. The highest BCUT2D eigenvalue weighted by molar-refractivity contribution is 6.10. The zero-order chi connectivity index (χ0) is 18.0. The number of hydrogen-bond donors (Lipinski definition) is 2. The Morgan fingerprint density at radius 2 is 2.00 bits per heavy atom. The molecular weight excluding hydrogens is 323 g/mol. The number of carbonyl (C=O) groups is 2. The van der Waals surface area contributed by atoms with Crippen LogP contribution in [0.1, 0.15) is 17.5 Å². The van der Waals surface area contributed by atoms with Gasteiger partial charge in [0.15, 0.2) is 0 Å². The molecule has 0 unspecified atom stereocenters. The van der Waals surface area contributed by atoms with Gasteiger partial charge in [0.05, 0.1) is 24.2 Å². The lowest BCUT2D eigenvalue weighted by Gasteiger charge is -2.23. The summed E-state index contributed by atoms with van der Waals surface area (Å²) in [5, 5.41) is 13.0. The lowest BCUT2D eigenvalue weighted by molar-refractivity contribution is -0.121. The third kappa shape index (κ3) is 3.24. The average molecular weight is 340 g/mol. The number of likely N-dealkylation sites (N-methyl/N-ethyl adjacent to an activating group) is 1. The molecule has 1 aliphatic heterocycles. The number of aliphatic hydroxyl groups excluding tert-OH is 1. The first kappa shape index (κ1) is 16.7. The molecule has 2 aromatic rings. The Labute approximate surface area is 144 Å². The third-order valence-electron chi connectivity index (χ3n) is 4.10. The van der Waals surface area contributed by atoms with Crippen molar-refractivity contribution in [2.24, 2.45) is 0 Å². The Kier molecular flexibility index (Phi) is 4.52. The van der Waals surface area contributed by atoms with Crippen molar-refractivity contribution >= 4 is 23.3 Å². The van der Waals surface area contributed by atoms with Crippen LogP contribution >= 0.6 is 0 Å². The summed E-state index contributed by atoms with van der Waals surface area (Å²) in [7, 11) is 1.44. The van der Waals surface area contributed by atoms with Crippen LogP contribution in [0.15, 0.2) is 54.1 Å². The minimum Gasteiger partial charge on any atom is -0.507 e. The molecule has 0 aliphatic carbocycles. The first-order valence-corrected chi connectivity index (χ1v) is 7.79. The molecule has 2 amide bonds. The topological polar surface area (TPSA) is 69.6 Å². The Balaban J connectivity index is 2.07. The zero-order valence-corrected chi connectivity index (χ0v) is 13.6. The number of nitrogens with one attached hydrogen (secondary N) is 1. The smallest absolute Gasteiger partial charge is 0.251 e. The number of rotatable bonds is 3. The van der Waals surface area contributed by atoms with Gasteiger partial charge in [-0.15, -0.1) is 0 Å². The second-order valence-electron chi connectivity index (χ2n) is 5.71. The predicted octanol–water partition coefficient (Wildman–Crippen LogP) is 2.78. The molecule has 1 heterocycles. The van der Waals surface area contributed by atoms with Crippen LogP contribution in [0.3, 0.4) is 0 Å². The largest absolute Gasteiger partial charge is 0.507 e. The maximum atomic E-state index is 13.5. The second-order valence-corrected chi connectivity index (χ2v) is 5.71. The molecule has 0 bridgehead atoms. The summed E-state index contributed by atoms with van der Waals surface area (Å²) >= 11 is 0. The van der Waals surface area contributed by atoms with Crippen LogP contribution in [0.4, 0.5) is 10.1 Å². The summed E-state index contributed by atoms with van der Waals surface area (Å²) < 4.78 is 13.5. The van der Waals surface area contributed by atoms with Crippen LogP contribution < -0.4 is 10.2 Å². The van der Waals surface area contributed by atoms with Gasteiger partial charge in [0.2, 0.25) is 5.91 Å². The zero-order valence-electron chi connectivity index (χ0n) is 13.6. The van der Waals surface area contributed by atoms with Gasteiger partial charge in [-0.2, -0.15) is 0 Å². The highest BCUT2D eigenvalue weighted by Crippen LogP contribution is 2.34. The minimum atomic E-state index is -0.506. The molecule has 2 N–H and O–H groups in total. The van der Waals surface area contributed by atoms with E-state index in [1.165, 1.54) is 24.1 Å². The fourth-order valence-corrected chi connectivity index (χ4v) is 2.87. The number of nitrogens with zero attached hydrogens (tertiary/aromatic N) is 1. The van der Waals surface area contributed by atoms with E-state index >= 15 is 0 Å². The van der Waals surface area contributed by atoms with E-state index in [9.17, 15) is 19.1 Å². The molecule has 1 aliphatic rings. The van der Waals surface area contributed by atoms with Crippen molar-refractivity contribution in [1.29, 1.82) is 0 Å². The Bertz CT molecular complexity index is 876. The number of halogens is 1. The van der Waals surface area contributed by atoms with Crippen LogP contribution in [0, 0.1) is 5.82 Å². The van der Waals surface area contributed by atoms with Gasteiger partial charge in [0.25, 0.3) is 5.91 Å². The number of aliphatic hydroxyl groups is 1. The Morgan fingerprint density at radius 1 is 1.24 bits per heavy atom. The number of fused-ring (bicyclic) bond motifs is 1. The van der Waals surface area contributed by atoms with Crippen molar-refractivity contribution < 1.29 is 19.1 Å². The highest BCUT2D eigenvalue weighted by atomic mass is 19.1. The van der Waals surface area contributed by atoms with Gasteiger partial charge in [-0.1, -0.05) is 24.3 Å². The van der Waals surface area contributed by atoms with E-state index in [2.05, 4.69) is 5.32 Å². The fraction of sp³-hybridized carbons (Fsp3) is 0.158. The molecular formula is C19H17FN2O3. The Morgan fingerprint density at radius 3 is 2.72 bits per heavy atom. The maximum absolute atomic E-state index is 13.5. The second kappa shape index (κ2) is 6.76.